The summed E-state index contributed by atoms with van der Waals surface area (Å²) in [6.07, 6.45) is 0.937. The Balaban J connectivity index is 3.04. The first-order valence-electron chi connectivity index (χ1n) is 6.70. The maximum atomic E-state index is 6.18. The van der Waals surface area contributed by atoms with Crippen molar-refractivity contribution in [3.05, 3.63) is 18.2 Å². The van der Waals surface area contributed by atoms with Crippen LogP contribution in [-0.4, -0.2) is 36.3 Å². The lowest BCUT2D eigenvalue weighted by molar-refractivity contribution is -0.00927. The lowest BCUT2D eigenvalue weighted by Gasteiger charge is -2.34. The van der Waals surface area contributed by atoms with Crippen LogP contribution in [0.15, 0.2) is 18.2 Å². The maximum absolute atomic E-state index is 6.18. The quantitative estimate of drug-likeness (QED) is 0.751. The number of nitrogens with one attached hydrogen (secondary N) is 2. The van der Waals surface area contributed by atoms with Gasteiger partial charge in [0.1, 0.15) is 28.0 Å². The number of benzene rings is 1. The summed E-state index contributed by atoms with van der Waals surface area (Å²) in [4.78, 5) is 0. The van der Waals surface area contributed by atoms with Gasteiger partial charge in [-0.05, 0) is 32.4 Å². The molecule has 1 aromatic carbocycles. The van der Waals surface area contributed by atoms with Gasteiger partial charge in [-0.2, -0.15) is 0 Å². The van der Waals surface area contributed by atoms with Gasteiger partial charge in [0.25, 0.3) is 0 Å². The molecule has 108 valence electrons. The molecule has 2 N–H and O–H groups in total. The molecule has 19 heavy (non-hydrogen) atoms. The molecule has 1 atom stereocenters. The van der Waals surface area contributed by atoms with E-state index < -0.39 is 0 Å². The molecule has 0 radical (unpaired) electrons. The molecular formula is C14H26N2O2Si. The monoisotopic (exact) mass is 282 g/mol. The molecule has 4 nitrogen and oxygen atoms in total. The van der Waals surface area contributed by atoms with Crippen molar-refractivity contribution in [2.45, 2.75) is 38.9 Å². The van der Waals surface area contributed by atoms with Gasteiger partial charge in [0.05, 0.1) is 11.3 Å². The predicted octanol–water partition coefficient (Wildman–Crippen LogP) is 2.00. The van der Waals surface area contributed by atoms with Gasteiger partial charge in [-0.15, -0.1) is 0 Å². The highest BCUT2D eigenvalue weighted by molar-refractivity contribution is 5.98. The largest absolute Gasteiger partial charge is 0.485 e. The Bertz CT molecular complexity index is 410. The Kier molecular flexibility index (Phi) is 5.69. The van der Waals surface area contributed by atoms with E-state index in [1.807, 2.05) is 32.3 Å². The summed E-state index contributed by atoms with van der Waals surface area (Å²) in [5, 5.41) is 6.36. The van der Waals surface area contributed by atoms with E-state index in [9.17, 15) is 0 Å². The summed E-state index contributed by atoms with van der Waals surface area (Å²) in [5.74, 6) is 0.855. The normalized spacial score (nSPS) is 13.1. The van der Waals surface area contributed by atoms with E-state index in [2.05, 4.69) is 31.4 Å². The zero-order valence-corrected chi connectivity index (χ0v) is 14.8. The van der Waals surface area contributed by atoms with Crippen molar-refractivity contribution < 1.29 is 9.16 Å². The van der Waals surface area contributed by atoms with Gasteiger partial charge >= 0.3 is 0 Å². The van der Waals surface area contributed by atoms with Crippen molar-refractivity contribution in [1.29, 1.82) is 0 Å². The summed E-state index contributed by atoms with van der Waals surface area (Å²) in [7, 11) is 4.51. The first-order chi connectivity index (χ1) is 9.00. The van der Waals surface area contributed by atoms with E-state index in [1.165, 1.54) is 0 Å². The molecule has 1 aromatic rings. The van der Waals surface area contributed by atoms with Crippen molar-refractivity contribution in [2.75, 3.05) is 24.7 Å². The highest BCUT2D eigenvalue weighted by Gasteiger charge is 2.29. The Morgan fingerprint density at radius 1 is 1.26 bits per heavy atom. The van der Waals surface area contributed by atoms with Crippen LogP contribution in [0.5, 0.6) is 5.75 Å². The van der Waals surface area contributed by atoms with Gasteiger partial charge in [0.15, 0.2) is 0 Å². The van der Waals surface area contributed by atoms with Gasteiger partial charge in [-0.25, -0.2) is 0 Å². The fraction of sp³-hybridized carbons (Fsp3) is 0.571. The Labute approximate surface area is 119 Å². The molecular weight excluding hydrogens is 256 g/mol. The number of hydrogen-bond donors (Lipinski definition) is 2. The summed E-state index contributed by atoms with van der Waals surface area (Å²) in [6, 6.07) is 6.00. The third-order valence-electron chi connectivity index (χ3n) is 3.49. The van der Waals surface area contributed by atoms with E-state index in [1.54, 1.807) is 0 Å². The van der Waals surface area contributed by atoms with Gasteiger partial charge in [0.2, 0.25) is 0 Å². The highest BCUT2D eigenvalue weighted by Crippen LogP contribution is 2.34. The van der Waals surface area contributed by atoms with Gasteiger partial charge in [-0.3, -0.25) is 0 Å². The van der Waals surface area contributed by atoms with Crippen molar-refractivity contribution in [2.24, 2.45) is 0 Å². The van der Waals surface area contributed by atoms with Crippen LogP contribution in [0.4, 0.5) is 11.4 Å². The second kappa shape index (κ2) is 6.82. The molecule has 5 heteroatoms. The number of rotatable bonds is 7. The van der Waals surface area contributed by atoms with E-state index in [0.717, 1.165) is 23.5 Å². The number of para-hydroxylation sites is 1. The Morgan fingerprint density at radius 2 is 1.95 bits per heavy atom. The van der Waals surface area contributed by atoms with E-state index in [0.29, 0.717) is 10.5 Å². The fourth-order valence-corrected chi connectivity index (χ4v) is 2.36. The summed E-state index contributed by atoms with van der Waals surface area (Å²) >= 11 is 0. The molecule has 0 bridgehead atoms. The second-order valence-corrected chi connectivity index (χ2v) is 5.41. The average molecular weight is 282 g/mol. The summed E-state index contributed by atoms with van der Waals surface area (Å²) in [5.41, 5.74) is 1.74. The van der Waals surface area contributed by atoms with Crippen molar-refractivity contribution in [3.8, 4) is 5.75 Å². The molecule has 0 saturated carbocycles. The zero-order chi connectivity index (χ0) is 14.5. The molecule has 0 saturated heterocycles. The predicted molar refractivity (Wildman–Crippen MR) is 85.3 cm³/mol. The van der Waals surface area contributed by atoms with Crippen LogP contribution in [0.25, 0.3) is 0 Å². The van der Waals surface area contributed by atoms with Crippen LogP contribution in [-0.2, 0) is 4.43 Å². The Morgan fingerprint density at radius 3 is 2.42 bits per heavy atom. The molecule has 0 aliphatic rings. The van der Waals surface area contributed by atoms with Crippen LogP contribution in [0.1, 0.15) is 27.2 Å². The zero-order valence-electron chi connectivity index (χ0n) is 12.8. The first-order valence-corrected chi connectivity index (χ1v) is 7.52. The van der Waals surface area contributed by atoms with Crippen LogP contribution in [0.2, 0.25) is 0 Å². The van der Waals surface area contributed by atoms with Gasteiger partial charge in [0, 0.05) is 14.1 Å². The topological polar surface area (TPSA) is 42.5 Å². The fourth-order valence-electron chi connectivity index (χ4n) is 2.10. The third-order valence-corrected chi connectivity index (χ3v) is 4.54. The highest BCUT2D eigenvalue weighted by atomic mass is 28.2. The molecule has 0 spiro atoms. The lowest BCUT2D eigenvalue weighted by Crippen LogP contribution is -2.42. The van der Waals surface area contributed by atoms with E-state index >= 15 is 0 Å². The van der Waals surface area contributed by atoms with E-state index in [-0.39, 0.29) is 11.7 Å². The maximum Gasteiger partial charge on any atom is 0.146 e. The van der Waals surface area contributed by atoms with Crippen LogP contribution in [0.3, 0.4) is 0 Å². The molecule has 0 aromatic heterocycles. The van der Waals surface area contributed by atoms with Gasteiger partial charge < -0.3 is 19.8 Å². The molecule has 0 amide bonds. The minimum absolute atomic E-state index is 0.0317. The minimum atomic E-state index is -0.262. The molecule has 0 aliphatic heterocycles. The Hall–Kier alpha value is -1.20. The second-order valence-electron chi connectivity index (χ2n) is 5.00. The molecule has 0 fully saturated rings. The average Bonchev–Trinajstić information content (AvgIpc) is 2.43. The minimum Gasteiger partial charge on any atom is -0.485 e. The molecule has 1 unspecified atom stereocenters. The lowest BCUT2D eigenvalue weighted by atomic mass is 9.99. The molecule has 0 heterocycles. The first kappa shape index (κ1) is 15.9. The summed E-state index contributed by atoms with van der Waals surface area (Å²) < 4.78 is 11.8. The smallest absolute Gasteiger partial charge is 0.146 e. The standard InChI is InChI=1S/C14H26N2O2Si/c1-6-12(14(2,3)18-19)17-11-9-7-8-10(15-4)13(11)16-5/h7-9,12,15-16H,6H2,1-5,19H3. The molecule has 1 rings (SSSR count). The SMILES string of the molecule is CCC(Oc1cccc(NC)c1NC)C(C)(C)O[SiH3]. The number of ether oxygens (including phenoxy) is 1. The van der Waals surface area contributed by atoms with Crippen LogP contribution >= 0.6 is 0 Å². The van der Waals surface area contributed by atoms with Gasteiger partial charge in [-0.1, -0.05) is 13.0 Å². The number of hydrogen-bond acceptors (Lipinski definition) is 4. The van der Waals surface area contributed by atoms with Crippen molar-refractivity contribution >= 4 is 21.9 Å². The number of anilines is 2. The van der Waals surface area contributed by atoms with Crippen molar-refractivity contribution in [3.63, 3.8) is 0 Å². The van der Waals surface area contributed by atoms with Crippen LogP contribution in [0, 0.1) is 0 Å². The van der Waals surface area contributed by atoms with Crippen LogP contribution < -0.4 is 15.4 Å². The van der Waals surface area contributed by atoms with E-state index in [4.69, 9.17) is 9.16 Å². The summed E-state index contributed by atoms with van der Waals surface area (Å²) in [6.45, 7) is 6.28. The molecule has 0 aliphatic carbocycles. The van der Waals surface area contributed by atoms with Crippen molar-refractivity contribution in [1.82, 2.24) is 0 Å². The third kappa shape index (κ3) is 3.64.